The Hall–Kier alpha value is -2.77. The predicted octanol–water partition coefficient (Wildman–Crippen LogP) is 3.57. The highest BCUT2D eigenvalue weighted by Crippen LogP contribution is 2.30. The van der Waals surface area contributed by atoms with Gasteiger partial charge in [0, 0.05) is 24.9 Å². The minimum atomic E-state index is -4.40. The van der Waals surface area contributed by atoms with Gasteiger partial charge in [0.25, 0.3) is 0 Å². The van der Waals surface area contributed by atoms with Gasteiger partial charge in [-0.25, -0.2) is 4.98 Å². The zero-order valence-electron chi connectivity index (χ0n) is 15.0. The van der Waals surface area contributed by atoms with Crippen LogP contribution in [-0.4, -0.2) is 30.1 Å². The number of hydrogen-bond acceptors (Lipinski definition) is 4. The molecule has 144 valence electrons. The second-order valence-electron chi connectivity index (χ2n) is 6.54. The lowest BCUT2D eigenvalue weighted by atomic mass is 10.1. The molecule has 0 saturated carbocycles. The van der Waals surface area contributed by atoms with Gasteiger partial charge in [0.2, 0.25) is 11.8 Å². The third-order valence-corrected chi connectivity index (χ3v) is 4.38. The molecule has 27 heavy (non-hydrogen) atoms. The second-order valence-corrected chi connectivity index (χ2v) is 6.54. The number of rotatable bonds is 5. The van der Waals surface area contributed by atoms with Crippen molar-refractivity contribution in [2.45, 2.75) is 32.2 Å². The number of halogens is 3. The van der Waals surface area contributed by atoms with Gasteiger partial charge < -0.3 is 15.0 Å². The van der Waals surface area contributed by atoms with Crippen LogP contribution in [-0.2, 0) is 11.0 Å². The summed E-state index contributed by atoms with van der Waals surface area (Å²) in [5.74, 6) is 0.110. The van der Waals surface area contributed by atoms with Crippen LogP contribution in [0.1, 0.15) is 31.0 Å². The van der Waals surface area contributed by atoms with Gasteiger partial charge in [0.05, 0.1) is 24.7 Å². The van der Waals surface area contributed by atoms with Crippen molar-refractivity contribution in [1.82, 2.24) is 10.3 Å². The number of hydrogen-bond donors (Lipinski definition) is 1. The van der Waals surface area contributed by atoms with Crippen molar-refractivity contribution in [3.63, 3.8) is 0 Å². The summed E-state index contributed by atoms with van der Waals surface area (Å²) in [6.07, 6.45) is -3.74. The Morgan fingerprint density at radius 2 is 1.89 bits per heavy atom. The number of carbonyl (C=O) groups is 1. The lowest BCUT2D eigenvalue weighted by Gasteiger charge is -2.40. The lowest BCUT2D eigenvalue weighted by Crippen LogP contribution is -2.54. The van der Waals surface area contributed by atoms with Crippen LogP contribution in [0.5, 0.6) is 5.88 Å². The summed E-state index contributed by atoms with van der Waals surface area (Å²) >= 11 is 0. The molecule has 1 aliphatic rings. The van der Waals surface area contributed by atoms with Crippen LogP contribution in [0.4, 0.5) is 18.9 Å². The molecule has 0 radical (unpaired) electrons. The predicted molar refractivity (Wildman–Crippen MR) is 94.5 cm³/mol. The van der Waals surface area contributed by atoms with Crippen molar-refractivity contribution in [3.05, 3.63) is 53.7 Å². The van der Waals surface area contributed by atoms with Crippen LogP contribution >= 0.6 is 0 Å². The zero-order chi connectivity index (χ0) is 19.6. The van der Waals surface area contributed by atoms with Gasteiger partial charge in [-0.2, -0.15) is 13.2 Å². The van der Waals surface area contributed by atoms with E-state index < -0.39 is 11.7 Å². The van der Waals surface area contributed by atoms with E-state index in [9.17, 15) is 18.0 Å². The Bertz CT molecular complexity index is 785. The maximum Gasteiger partial charge on any atom is 0.417 e. The van der Waals surface area contributed by atoms with Gasteiger partial charge in [-0.05, 0) is 30.7 Å². The van der Waals surface area contributed by atoms with Crippen molar-refractivity contribution in [3.8, 4) is 5.88 Å². The Kier molecular flexibility index (Phi) is 5.25. The van der Waals surface area contributed by atoms with E-state index in [4.69, 9.17) is 4.74 Å². The highest BCUT2D eigenvalue weighted by Gasteiger charge is 2.32. The zero-order valence-corrected chi connectivity index (χ0v) is 15.0. The van der Waals surface area contributed by atoms with E-state index in [1.165, 1.54) is 13.0 Å². The van der Waals surface area contributed by atoms with E-state index >= 15 is 0 Å². The molecule has 1 amide bonds. The average Bonchev–Trinajstić information content (AvgIpc) is 2.57. The highest BCUT2D eigenvalue weighted by atomic mass is 19.4. The Morgan fingerprint density at radius 1 is 1.22 bits per heavy atom. The van der Waals surface area contributed by atoms with Crippen LogP contribution in [0.15, 0.2) is 42.6 Å². The van der Waals surface area contributed by atoms with Gasteiger partial charge >= 0.3 is 6.18 Å². The van der Waals surface area contributed by atoms with Crippen molar-refractivity contribution in [2.24, 2.45) is 0 Å². The molecule has 3 rings (SSSR count). The number of anilines is 1. The molecule has 1 saturated heterocycles. The van der Waals surface area contributed by atoms with Crippen molar-refractivity contribution < 1.29 is 22.7 Å². The number of nitrogens with one attached hydrogen (secondary N) is 1. The minimum Gasteiger partial charge on any atom is -0.471 e. The molecule has 0 aliphatic carbocycles. The maximum atomic E-state index is 12.5. The first-order valence-electron chi connectivity index (χ1n) is 8.54. The molecule has 1 fully saturated rings. The van der Waals surface area contributed by atoms with Gasteiger partial charge in [-0.3, -0.25) is 4.79 Å². The van der Waals surface area contributed by atoms with Crippen LogP contribution in [0.25, 0.3) is 0 Å². The largest absolute Gasteiger partial charge is 0.471 e. The first-order valence-corrected chi connectivity index (χ1v) is 8.54. The van der Waals surface area contributed by atoms with Gasteiger partial charge in [-0.1, -0.05) is 12.1 Å². The first-order chi connectivity index (χ1) is 12.7. The molecule has 0 spiro atoms. The van der Waals surface area contributed by atoms with Gasteiger partial charge in [0.15, 0.2) is 0 Å². The first kappa shape index (κ1) is 19.0. The molecule has 1 aliphatic heterocycles. The van der Waals surface area contributed by atoms with Crippen molar-refractivity contribution in [1.29, 1.82) is 0 Å². The van der Waals surface area contributed by atoms with Crippen LogP contribution < -0.4 is 15.0 Å². The maximum absolute atomic E-state index is 12.5. The standard InChI is InChI=1S/C19H20F3N3O2/c1-12(24-13(2)26)14-3-6-16(7-4-14)25-10-17(11-25)27-18-8-5-15(9-23-18)19(20,21)22/h3-9,12,17H,10-11H2,1-2H3,(H,24,26)/t12-/m0/s1. The number of carbonyl (C=O) groups excluding carboxylic acids is 1. The molecule has 1 aromatic carbocycles. The summed E-state index contributed by atoms with van der Waals surface area (Å²) in [6.45, 7) is 4.66. The van der Waals surface area contributed by atoms with E-state index in [-0.39, 0.29) is 23.9 Å². The number of benzene rings is 1. The van der Waals surface area contributed by atoms with E-state index in [0.29, 0.717) is 13.1 Å². The number of nitrogens with zero attached hydrogens (tertiary/aromatic N) is 2. The molecule has 8 heteroatoms. The average molecular weight is 379 g/mol. The molecule has 1 N–H and O–H groups in total. The van der Waals surface area contributed by atoms with E-state index in [1.807, 2.05) is 31.2 Å². The molecule has 2 aromatic rings. The van der Waals surface area contributed by atoms with E-state index in [1.54, 1.807) is 0 Å². The molecular formula is C19H20F3N3O2. The number of ether oxygens (including phenoxy) is 1. The fourth-order valence-electron chi connectivity index (χ4n) is 2.87. The third kappa shape index (κ3) is 4.69. The molecule has 5 nitrogen and oxygen atoms in total. The second kappa shape index (κ2) is 7.46. The molecule has 0 unspecified atom stereocenters. The lowest BCUT2D eigenvalue weighted by molar-refractivity contribution is -0.137. The molecule has 0 bridgehead atoms. The Morgan fingerprint density at radius 3 is 2.41 bits per heavy atom. The summed E-state index contributed by atoms with van der Waals surface area (Å²) in [5.41, 5.74) is 1.24. The van der Waals surface area contributed by atoms with Crippen LogP contribution in [0.2, 0.25) is 0 Å². The summed E-state index contributed by atoms with van der Waals surface area (Å²) < 4.78 is 43.2. The van der Waals surface area contributed by atoms with E-state index in [2.05, 4.69) is 15.2 Å². The highest BCUT2D eigenvalue weighted by molar-refractivity contribution is 5.73. The minimum absolute atomic E-state index is 0.0604. The number of pyridine rings is 1. The van der Waals surface area contributed by atoms with Gasteiger partial charge in [0.1, 0.15) is 6.10 Å². The van der Waals surface area contributed by atoms with Gasteiger partial charge in [-0.15, -0.1) is 0 Å². The number of aromatic nitrogens is 1. The van der Waals surface area contributed by atoms with E-state index in [0.717, 1.165) is 23.5 Å². The SMILES string of the molecule is CC(=O)N[C@@H](C)c1ccc(N2CC(Oc3ccc(C(F)(F)F)cn3)C2)cc1. The van der Waals surface area contributed by atoms with Crippen LogP contribution in [0, 0.1) is 0 Å². The summed E-state index contributed by atoms with van der Waals surface area (Å²) in [5, 5.41) is 2.83. The molecule has 2 heterocycles. The molecular weight excluding hydrogens is 359 g/mol. The smallest absolute Gasteiger partial charge is 0.417 e. The Balaban J connectivity index is 1.51. The Labute approximate surface area is 155 Å². The fraction of sp³-hybridized carbons (Fsp3) is 0.368. The molecule has 1 atom stereocenters. The molecule has 1 aromatic heterocycles. The summed E-state index contributed by atoms with van der Waals surface area (Å²) in [4.78, 5) is 16.9. The van der Waals surface area contributed by atoms with Crippen LogP contribution in [0.3, 0.4) is 0 Å². The summed E-state index contributed by atoms with van der Waals surface area (Å²) in [6, 6.07) is 10.0. The monoisotopic (exact) mass is 379 g/mol. The van der Waals surface area contributed by atoms with Crippen molar-refractivity contribution >= 4 is 11.6 Å². The topological polar surface area (TPSA) is 54.5 Å². The quantitative estimate of drug-likeness (QED) is 0.863. The number of amides is 1. The number of alkyl halides is 3. The summed E-state index contributed by atoms with van der Waals surface area (Å²) in [7, 11) is 0. The third-order valence-electron chi connectivity index (χ3n) is 4.38. The fourth-order valence-corrected chi connectivity index (χ4v) is 2.87. The normalized spacial score (nSPS) is 15.8. The van der Waals surface area contributed by atoms with Crippen molar-refractivity contribution in [2.75, 3.05) is 18.0 Å².